The van der Waals surface area contributed by atoms with Crippen molar-refractivity contribution in [2.24, 2.45) is 5.41 Å². The van der Waals surface area contributed by atoms with E-state index in [0.717, 1.165) is 37.9 Å². The first kappa shape index (κ1) is 16.5. The first-order chi connectivity index (χ1) is 12.2. The Morgan fingerprint density at radius 3 is 2.48 bits per heavy atom. The van der Waals surface area contributed by atoms with Gasteiger partial charge in [0, 0.05) is 17.0 Å². The summed E-state index contributed by atoms with van der Waals surface area (Å²) in [5, 5.41) is 3.46. The quantitative estimate of drug-likeness (QED) is 0.833. The van der Waals surface area contributed by atoms with E-state index in [0.29, 0.717) is 5.69 Å². The van der Waals surface area contributed by atoms with Gasteiger partial charge in [-0.05, 0) is 72.2 Å². The predicted octanol–water partition coefficient (Wildman–Crippen LogP) is 3.25. The Balaban J connectivity index is 1.75. The van der Waals surface area contributed by atoms with Crippen LogP contribution in [0.15, 0.2) is 54.6 Å². The van der Waals surface area contributed by atoms with Gasteiger partial charge in [0.2, 0.25) is 0 Å². The lowest BCUT2D eigenvalue weighted by molar-refractivity contribution is 0.268. The van der Waals surface area contributed by atoms with Crippen molar-refractivity contribution in [1.29, 1.82) is 0 Å². The summed E-state index contributed by atoms with van der Waals surface area (Å²) in [4.78, 5) is 0. The summed E-state index contributed by atoms with van der Waals surface area (Å²) in [5.74, 6) is 0. The van der Waals surface area contributed by atoms with Crippen LogP contribution in [0.3, 0.4) is 0 Å². The van der Waals surface area contributed by atoms with Crippen LogP contribution in [0, 0.1) is 5.41 Å². The third-order valence-corrected chi connectivity index (χ3v) is 5.70. The second kappa shape index (κ2) is 6.75. The van der Waals surface area contributed by atoms with Gasteiger partial charge in [-0.3, -0.25) is 4.21 Å². The minimum atomic E-state index is -2.29. The fraction of sp³-hybridized carbons (Fsp3) is 0.300. The van der Waals surface area contributed by atoms with Gasteiger partial charge >= 0.3 is 0 Å². The Labute approximate surface area is 150 Å². The van der Waals surface area contributed by atoms with E-state index in [2.05, 4.69) is 40.4 Å². The van der Waals surface area contributed by atoms with Crippen LogP contribution in [0.5, 0.6) is 0 Å². The first-order valence-electron chi connectivity index (χ1n) is 8.63. The van der Waals surface area contributed by atoms with Crippen molar-refractivity contribution in [1.82, 2.24) is 5.32 Å². The highest BCUT2D eigenvalue weighted by molar-refractivity contribution is 7.80. The highest BCUT2D eigenvalue weighted by Gasteiger charge is 2.34. The third-order valence-electron chi connectivity index (χ3n) is 5.30. The normalized spacial score (nSPS) is 19.8. The van der Waals surface area contributed by atoms with Crippen molar-refractivity contribution < 1.29 is 8.76 Å². The van der Waals surface area contributed by atoms with Crippen molar-refractivity contribution in [3.63, 3.8) is 0 Å². The molecule has 5 heteroatoms. The number of hydrogen-bond acceptors (Lipinski definition) is 3. The number of benzene rings is 2. The van der Waals surface area contributed by atoms with Crippen LogP contribution >= 0.6 is 0 Å². The lowest BCUT2D eigenvalue weighted by Crippen LogP contribution is -2.38. The van der Waals surface area contributed by atoms with Crippen LogP contribution in [-0.4, -0.2) is 21.9 Å². The summed E-state index contributed by atoms with van der Waals surface area (Å²) in [7, 11) is 0. The highest BCUT2D eigenvalue weighted by atomic mass is 32.2. The standard InChI is InChI=1S/C20H22N2O2S/c23-25(24)22-17-7-5-15(6-8-17)19-14-20(9-11-21-12-10-20)13-16-3-1-2-4-18(16)19/h1-8,14,21-22H,9-13H2,(H,23,24)/p-1. The van der Waals surface area contributed by atoms with Gasteiger partial charge in [0.1, 0.15) is 0 Å². The van der Waals surface area contributed by atoms with Gasteiger partial charge in [-0.15, -0.1) is 0 Å². The minimum absolute atomic E-state index is 0.225. The molecule has 1 unspecified atom stereocenters. The zero-order chi connectivity index (χ0) is 17.3. The highest BCUT2D eigenvalue weighted by Crippen LogP contribution is 2.44. The van der Waals surface area contributed by atoms with Crippen molar-refractivity contribution in [3.8, 4) is 0 Å². The number of nitrogens with one attached hydrogen (secondary N) is 2. The Bertz CT molecular complexity index is 824. The number of rotatable bonds is 3. The molecule has 1 aliphatic carbocycles. The van der Waals surface area contributed by atoms with Crippen LogP contribution < -0.4 is 10.0 Å². The number of fused-ring (bicyclic) bond motifs is 1. The maximum absolute atomic E-state index is 10.8. The number of anilines is 1. The fourth-order valence-corrected chi connectivity index (χ4v) is 4.38. The molecule has 1 spiro atoms. The van der Waals surface area contributed by atoms with Gasteiger partial charge in [0.25, 0.3) is 0 Å². The Morgan fingerprint density at radius 2 is 1.76 bits per heavy atom. The Morgan fingerprint density at radius 1 is 1.04 bits per heavy atom. The molecule has 0 radical (unpaired) electrons. The lowest BCUT2D eigenvalue weighted by Gasteiger charge is -2.39. The van der Waals surface area contributed by atoms with Gasteiger partial charge in [-0.1, -0.05) is 42.5 Å². The maximum atomic E-state index is 10.8. The van der Waals surface area contributed by atoms with Crippen LogP contribution in [0.2, 0.25) is 0 Å². The topological polar surface area (TPSA) is 64.2 Å². The first-order valence-corrected chi connectivity index (χ1v) is 9.71. The Kier molecular flexibility index (Phi) is 4.46. The van der Waals surface area contributed by atoms with E-state index < -0.39 is 11.3 Å². The molecule has 0 aromatic heterocycles. The van der Waals surface area contributed by atoms with Gasteiger partial charge < -0.3 is 14.6 Å². The maximum Gasteiger partial charge on any atom is 0.0452 e. The van der Waals surface area contributed by atoms with E-state index in [1.165, 1.54) is 16.7 Å². The van der Waals surface area contributed by atoms with E-state index in [-0.39, 0.29) is 5.41 Å². The smallest absolute Gasteiger partial charge is 0.0452 e. The molecule has 130 valence electrons. The van der Waals surface area contributed by atoms with E-state index in [9.17, 15) is 8.76 Å². The summed E-state index contributed by atoms with van der Waals surface area (Å²) in [6.07, 6.45) is 5.87. The molecule has 1 heterocycles. The molecule has 2 N–H and O–H groups in total. The second-order valence-corrected chi connectivity index (χ2v) is 7.59. The van der Waals surface area contributed by atoms with E-state index in [4.69, 9.17) is 0 Å². The molecular weight excluding hydrogens is 332 g/mol. The van der Waals surface area contributed by atoms with Crippen molar-refractivity contribution in [2.75, 3.05) is 17.8 Å². The Hall–Kier alpha value is -1.95. The molecule has 2 aliphatic rings. The molecule has 0 amide bonds. The van der Waals surface area contributed by atoms with Gasteiger partial charge in [-0.25, -0.2) is 0 Å². The van der Waals surface area contributed by atoms with Crippen LogP contribution in [0.25, 0.3) is 5.57 Å². The minimum Gasteiger partial charge on any atom is -0.755 e. The largest absolute Gasteiger partial charge is 0.755 e. The number of hydrogen-bond donors (Lipinski definition) is 2. The van der Waals surface area contributed by atoms with Crippen molar-refractivity contribution >= 4 is 22.5 Å². The second-order valence-electron chi connectivity index (χ2n) is 6.92. The summed E-state index contributed by atoms with van der Waals surface area (Å²) < 4.78 is 24.0. The molecule has 25 heavy (non-hydrogen) atoms. The molecule has 1 saturated heterocycles. The molecule has 2 aromatic rings. The van der Waals surface area contributed by atoms with Crippen LogP contribution in [0.4, 0.5) is 5.69 Å². The lowest BCUT2D eigenvalue weighted by atomic mass is 9.67. The van der Waals surface area contributed by atoms with Gasteiger partial charge in [0.05, 0.1) is 0 Å². The summed E-state index contributed by atoms with van der Waals surface area (Å²) in [6.45, 7) is 2.12. The van der Waals surface area contributed by atoms with E-state index in [1.54, 1.807) is 0 Å². The zero-order valence-corrected chi connectivity index (χ0v) is 14.8. The monoisotopic (exact) mass is 353 g/mol. The fourth-order valence-electron chi connectivity index (χ4n) is 4.05. The summed E-state index contributed by atoms with van der Waals surface area (Å²) in [5.41, 5.74) is 5.90. The van der Waals surface area contributed by atoms with E-state index >= 15 is 0 Å². The molecule has 4 rings (SSSR count). The molecule has 1 fully saturated rings. The summed E-state index contributed by atoms with van der Waals surface area (Å²) in [6, 6.07) is 16.3. The third kappa shape index (κ3) is 3.40. The molecule has 0 saturated carbocycles. The molecule has 2 aromatic carbocycles. The number of piperidine rings is 1. The average Bonchev–Trinajstić information content (AvgIpc) is 2.62. The summed E-state index contributed by atoms with van der Waals surface area (Å²) >= 11 is -2.29. The van der Waals surface area contributed by atoms with E-state index in [1.807, 2.05) is 24.3 Å². The molecular formula is C20H21N2O2S-. The average molecular weight is 353 g/mol. The molecule has 4 nitrogen and oxygen atoms in total. The van der Waals surface area contributed by atoms with Crippen molar-refractivity contribution in [2.45, 2.75) is 19.3 Å². The zero-order valence-electron chi connectivity index (χ0n) is 14.0. The van der Waals surface area contributed by atoms with Crippen molar-refractivity contribution in [3.05, 3.63) is 71.3 Å². The molecule has 1 atom stereocenters. The van der Waals surface area contributed by atoms with Crippen LogP contribution in [-0.2, 0) is 17.7 Å². The van der Waals surface area contributed by atoms with Crippen LogP contribution in [0.1, 0.15) is 29.5 Å². The van der Waals surface area contributed by atoms with Gasteiger partial charge in [-0.2, -0.15) is 0 Å². The molecule has 0 bridgehead atoms. The van der Waals surface area contributed by atoms with Gasteiger partial charge in [0.15, 0.2) is 0 Å². The molecule has 1 aliphatic heterocycles. The SMILES string of the molecule is O=S([O-])Nc1ccc(C2=CC3(CCNCC3)Cc3ccccc32)cc1. The number of allylic oxidation sites excluding steroid dienone is 1. The predicted molar refractivity (Wildman–Crippen MR) is 101 cm³/mol.